The Hall–Kier alpha value is -1.22. The van der Waals surface area contributed by atoms with Gasteiger partial charge in [0, 0.05) is 15.9 Å². The van der Waals surface area contributed by atoms with Crippen molar-refractivity contribution in [3.63, 3.8) is 0 Å². The molecule has 0 atom stereocenters. The molecule has 0 fully saturated rings. The number of carbonyl (C=O) groups excluding carboxylic acids is 1. The largest absolute Gasteiger partial charge is 0.462 e. The summed E-state index contributed by atoms with van der Waals surface area (Å²) in [6, 6.07) is 7.97. The molecular formula is C14H14BrNO4S2. The van der Waals surface area contributed by atoms with Crippen molar-refractivity contribution in [2.75, 3.05) is 6.61 Å². The van der Waals surface area contributed by atoms with Crippen molar-refractivity contribution in [2.45, 2.75) is 18.4 Å². The Kier molecular flexibility index (Phi) is 5.74. The summed E-state index contributed by atoms with van der Waals surface area (Å²) >= 11 is 4.67. The van der Waals surface area contributed by atoms with Crippen molar-refractivity contribution in [3.05, 3.63) is 50.6 Å². The summed E-state index contributed by atoms with van der Waals surface area (Å²) in [7, 11) is -3.66. The van der Waals surface area contributed by atoms with Gasteiger partial charge in [0.05, 0.1) is 17.1 Å². The summed E-state index contributed by atoms with van der Waals surface area (Å²) in [6.07, 6.45) is 0. The van der Waals surface area contributed by atoms with Gasteiger partial charge in [-0.3, -0.25) is 0 Å². The molecule has 1 aromatic carbocycles. The lowest BCUT2D eigenvalue weighted by Gasteiger charge is -2.09. The van der Waals surface area contributed by atoms with Gasteiger partial charge in [0.25, 0.3) is 0 Å². The Morgan fingerprint density at radius 3 is 2.73 bits per heavy atom. The number of carbonyl (C=O) groups is 1. The lowest BCUT2D eigenvalue weighted by Crippen LogP contribution is -2.23. The number of benzene rings is 1. The van der Waals surface area contributed by atoms with Crippen molar-refractivity contribution in [1.29, 1.82) is 0 Å². The molecule has 8 heteroatoms. The summed E-state index contributed by atoms with van der Waals surface area (Å²) in [5.41, 5.74) is 0.297. The lowest BCUT2D eigenvalue weighted by molar-refractivity contribution is 0.0526. The second kappa shape index (κ2) is 7.36. The van der Waals surface area contributed by atoms with E-state index in [4.69, 9.17) is 4.74 Å². The molecule has 0 unspecified atom stereocenters. The third-order valence-electron chi connectivity index (χ3n) is 2.75. The van der Waals surface area contributed by atoms with Crippen molar-refractivity contribution in [3.8, 4) is 0 Å². The first-order valence-electron chi connectivity index (χ1n) is 6.42. The molecule has 0 saturated heterocycles. The third-order valence-corrected chi connectivity index (χ3v) is 6.00. The predicted molar refractivity (Wildman–Crippen MR) is 88.4 cm³/mol. The fourth-order valence-electron chi connectivity index (χ4n) is 1.72. The van der Waals surface area contributed by atoms with Crippen LogP contribution in [0.2, 0.25) is 0 Å². The van der Waals surface area contributed by atoms with Gasteiger partial charge in [0.15, 0.2) is 0 Å². The molecule has 0 aliphatic heterocycles. The van der Waals surface area contributed by atoms with E-state index in [-0.39, 0.29) is 18.0 Å². The summed E-state index contributed by atoms with van der Waals surface area (Å²) in [5.74, 6) is -0.487. The fraction of sp³-hybridized carbons (Fsp3) is 0.214. The van der Waals surface area contributed by atoms with E-state index < -0.39 is 16.0 Å². The number of esters is 1. The van der Waals surface area contributed by atoms with E-state index in [2.05, 4.69) is 20.7 Å². The van der Waals surface area contributed by atoms with Gasteiger partial charge in [0.2, 0.25) is 10.0 Å². The molecule has 0 bridgehead atoms. The zero-order valence-corrected chi connectivity index (χ0v) is 14.9. The van der Waals surface area contributed by atoms with Crippen LogP contribution in [-0.4, -0.2) is 21.0 Å². The van der Waals surface area contributed by atoms with Crippen LogP contribution in [0.5, 0.6) is 0 Å². The van der Waals surface area contributed by atoms with E-state index in [0.29, 0.717) is 10.0 Å². The quantitative estimate of drug-likeness (QED) is 0.751. The van der Waals surface area contributed by atoms with Crippen molar-refractivity contribution in [2.24, 2.45) is 0 Å². The van der Waals surface area contributed by atoms with Crippen LogP contribution < -0.4 is 4.72 Å². The number of sulfonamides is 1. The molecule has 2 aromatic rings. The first kappa shape index (κ1) is 17.1. The summed E-state index contributed by atoms with van der Waals surface area (Å²) in [4.78, 5) is 12.6. The SMILES string of the molecule is CCOC(=O)c1ccc(S(=O)(=O)NCc2cccs2)c(Br)c1. The van der Waals surface area contributed by atoms with Gasteiger partial charge in [-0.05, 0) is 52.5 Å². The topological polar surface area (TPSA) is 72.5 Å². The number of thiophene rings is 1. The van der Waals surface area contributed by atoms with Crippen LogP contribution in [0.1, 0.15) is 22.2 Å². The molecule has 1 heterocycles. The highest BCUT2D eigenvalue weighted by Gasteiger charge is 2.19. The van der Waals surface area contributed by atoms with Gasteiger partial charge in [-0.25, -0.2) is 17.9 Å². The third kappa shape index (κ3) is 4.16. The molecule has 0 radical (unpaired) electrons. The number of hydrogen-bond acceptors (Lipinski definition) is 5. The molecule has 1 N–H and O–H groups in total. The molecule has 2 rings (SSSR count). The zero-order valence-electron chi connectivity index (χ0n) is 11.7. The number of halogens is 1. The van der Waals surface area contributed by atoms with Crippen LogP contribution in [0.4, 0.5) is 0 Å². The number of rotatable bonds is 6. The van der Waals surface area contributed by atoms with E-state index in [0.717, 1.165) is 4.88 Å². The van der Waals surface area contributed by atoms with Gasteiger partial charge in [-0.15, -0.1) is 11.3 Å². The molecule has 22 heavy (non-hydrogen) atoms. The number of ether oxygens (including phenoxy) is 1. The molecule has 0 amide bonds. The van der Waals surface area contributed by atoms with Crippen LogP contribution in [0.15, 0.2) is 45.1 Å². The number of hydrogen-bond donors (Lipinski definition) is 1. The zero-order chi connectivity index (χ0) is 16.2. The standard InChI is InChI=1S/C14H14BrNO4S2/c1-2-20-14(17)10-5-6-13(12(15)8-10)22(18,19)16-9-11-4-3-7-21-11/h3-8,16H,2,9H2,1H3. The Morgan fingerprint density at radius 1 is 1.36 bits per heavy atom. The Morgan fingerprint density at radius 2 is 2.14 bits per heavy atom. The van der Waals surface area contributed by atoms with Crippen LogP contribution >= 0.6 is 27.3 Å². The minimum atomic E-state index is -3.66. The predicted octanol–water partition coefficient (Wildman–Crippen LogP) is 3.17. The lowest BCUT2D eigenvalue weighted by atomic mass is 10.2. The average Bonchev–Trinajstić information content (AvgIpc) is 2.98. The van der Waals surface area contributed by atoms with E-state index in [1.165, 1.54) is 29.5 Å². The second-order valence-corrected chi connectivity index (χ2v) is 7.89. The molecule has 0 aliphatic rings. The Balaban J connectivity index is 2.18. The van der Waals surface area contributed by atoms with E-state index in [1.54, 1.807) is 6.92 Å². The highest BCUT2D eigenvalue weighted by molar-refractivity contribution is 9.10. The average molecular weight is 404 g/mol. The maximum Gasteiger partial charge on any atom is 0.338 e. The maximum atomic E-state index is 12.3. The fourth-order valence-corrected chi connectivity index (χ4v) is 4.54. The van der Waals surface area contributed by atoms with Crippen LogP contribution in [0.3, 0.4) is 0 Å². The number of nitrogens with one attached hydrogen (secondary N) is 1. The highest BCUT2D eigenvalue weighted by atomic mass is 79.9. The van der Waals surface area contributed by atoms with E-state index in [9.17, 15) is 13.2 Å². The molecule has 5 nitrogen and oxygen atoms in total. The highest BCUT2D eigenvalue weighted by Crippen LogP contribution is 2.24. The molecule has 118 valence electrons. The van der Waals surface area contributed by atoms with Crippen LogP contribution in [0.25, 0.3) is 0 Å². The first-order valence-corrected chi connectivity index (χ1v) is 9.58. The smallest absolute Gasteiger partial charge is 0.338 e. The molecular weight excluding hydrogens is 390 g/mol. The van der Waals surface area contributed by atoms with Gasteiger partial charge in [-0.2, -0.15) is 0 Å². The molecule has 1 aromatic heterocycles. The maximum absolute atomic E-state index is 12.3. The summed E-state index contributed by atoms with van der Waals surface area (Å²) < 4.78 is 32.3. The van der Waals surface area contributed by atoms with Gasteiger partial charge in [0.1, 0.15) is 0 Å². The van der Waals surface area contributed by atoms with Crippen molar-refractivity contribution in [1.82, 2.24) is 4.72 Å². The van der Waals surface area contributed by atoms with Crippen molar-refractivity contribution >= 4 is 43.3 Å². The van der Waals surface area contributed by atoms with Crippen LogP contribution in [0, 0.1) is 0 Å². The Labute approximate surface area is 141 Å². The minimum absolute atomic E-state index is 0.0807. The normalized spacial score (nSPS) is 11.4. The van der Waals surface area contributed by atoms with E-state index in [1.807, 2.05) is 17.5 Å². The van der Waals surface area contributed by atoms with Gasteiger partial charge < -0.3 is 4.74 Å². The summed E-state index contributed by atoms with van der Waals surface area (Å²) in [5, 5.41) is 1.88. The second-order valence-electron chi connectivity index (χ2n) is 4.27. The van der Waals surface area contributed by atoms with Gasteiger partial charge in [-0.1, -0.05) is 6.07 Å². The van der Waals surface area contributed by atoms with Gasteiger partial charge >= 0.3 is 5.97 Å². The first-order chi connectivity index (χ1) is 10.4. The molecule has 0 saturated carbocycles. The van der Waals surface area contributed by atoms with E-state index >= 15 is 0 Å². The van der Waals surface area contributed by atoms with Crippen LogP contribution in [-0.2, 0) is 21.3 Å². The monoisotopic (exact) mass is 403 g/mol. The Bertz CT molecular complexity index is 757. The minimum Gasteiger partial charge on any atom is -0.462 e. The summed E-state index contributed by atoms with van der Waals surface area (Å²) in [6.45, 7) is 2.20. The molecule has 0 aliphatic carbocycles. The van der Waals surface area contributed by atoms with Crippen molar-refractivity contribution < 1.29 is 17.9 Å². The molecule has 0 spiro atoms.